The Morgan fingerprint density at radius 1 is 1.62 bits per heavy atom. The zero-order valence-corrected chi connectivity index (χ0v) is 8.34. The predicted octanol–water partition coefficient (Wildman–Crippen LogP) is 2.13. The summed E-state index contributed by atoms with van der Waals surface area (Å²) in [6.45, 7) is -0.671. The number of hydrogen-bond acceptors (Lipinski definition) is 3. The number of rotatable bonds is 1. The van der Waals surface area contributed by atoms with Crippen LogP contribution in [-0.2, 0) is 4.74 Å². The van der Waals surface area contributed by atoms with Crippen LogP contribution in [0.3, 0.4) is 0 Å². The second-order valence-corrected chi connectivity index (χ2v) is 3.14. The Balaban J connectivity index is 2.60. The van der Waals surface area contributed by atoms with Crippen LogP contribution in [0.15, 0.2) is 17.0 Å². The maximum atomic E-state index is 8.32. The van der Waals surface area contributed by atoms with E-state index in [1.165, 1.54) is 12.3 Å². The fourth-order valence-electron chi connectivity index (χ4n) is 1.02. The molecule has 0 atom stereocenters. The van der Waals surface area contributed by atoms with Crippen molar-refractivity contribution in [2.24, 2.45) is 0 Å². The lowest BCUT2D eigenvalue weighted by molar-refractivity contribution is 0.0844. The molecule has 0 radical (unpaired) electrons. The van der Waals surface area contributed by atoms with Crippen LogP contribution < -0.4 is 0 Å². The molecule has 1 aliphatic rings. The summed E-state index contributed by atoms with van der Waals surface area (Å²) in [7, 11) is 0. The molecule has 0 amide bonds. The fraction of sp³-hybridized carbons (Fsp3) is 0.556. The number of ether oxygens (including phenoxy) is 1. The van der Waals surface area contributed by atoms with Crippen molar-refractivity contribution in [1.82, 2.24) is 9.97 Å². The molecule has 2 rings (SSSR count). The van der Waals surface area contributed by atoms with Gasteiger partial charge in [0.2, 0.25) is 0 Å². The molecule has 1 aliphatic heterocycles. The fourth-order valence-corrected chi connectivity index (χ4v) is 1.32. The molecule has 1 aromatic heterocycles. The van der Waals surface area contributed by atoms with Crippen molar-refractivity contribution in [3.05, 3.63) is 22.7 Å². The van der Waals surface area contributed by atoms with Crippen LogP contribution in [0.25, 0.3) is 0 Å². The highest BCUT2D eigenvalue weighted by molar-refractivity contribution is 9.10. The lowest BCUT2D eigenvalue weighted by atomic mass is 9.96. The highest BCUT2D eigenvalue weighted by Crippen LogP contribution is 2.25. The molecular weight excluding hydrogens is 232 g/mol. The Labute approximate surface area is 92.7 Å². The Morgan fingerprint density at radius 3 is 3.08 bits per heavy atom. The SMILES string of the molecule is [2H]C1([2H])COCC([2H])([2H])C1([2H])c1ccnc(Br)n1. The first-order valence-electron chi connectivity index (χ1n) is 6.27. The molecule has 2 heterocycles. The van der Waals surface area contributed by atoms with Crippen LogP contribution in [-0.4, -0.2) is 23.2 Å². The van der Waals surface area contributed by atoms with Gasteiger partial charge in [0, 0.05) is 37.9 Å². The minimum atomic E-state index is -2.18. The maximum Gasteiger partial charge on any atom is 0.196 e. The summed E-state index contributed by atoms with van der Waals surface area (Å²) in [4.78, 5) is 7.75. The van der Waals surface area contributed by atoms with E-state index in [4.69, 9.17) is 11.6 Å². The van der Waals surface area contributed by atoms with Gasteiger partial charge in [-0.3, -0.25) is 0 Å². The first-order valence-corrected chi connectivity index (χ1v) is 4.57. The summed E-state index contributed by atoms with van der Waals surface area (Å²) in [6, 6.07) is 1.36. The Kier molecular flexibility index (Phi) is 1.55. The molecule has 1 aromatic rings. The van der Waals surface area contributed by atoms with E-state index in [1.807, 2.05) is 0 Å². The van der Waals surface area contributed by atoms with E-state index >= 15 is 0 Å². The zero-order chi connectivity index (χ0) is 13.6. The third-order valence-corrected chi connectivity index (χ3v) is 1.97. The molecule has 1 saturated heterocycles. The minimum absolute atomic E-state index is 0.00248. The van der Waals surface area contributed by atoms with Gasteiger partial charge in [-0.25, -0.2) is 9.97 Å². The first-order chi connectivity index (χ1) is 8.21. The summed E-state index contributed by atoms with van der Waals surface area (Å²) < 4.78 is 45.0. The van der Waals surface area contributed by atoms with Crippen molar-refractivity contribution >= 4 is 15.9 Å². The molecule has 70 valence electrons. The van der Waals surface area contributed by atoms with Crippen molar-refractivity contribution < 1.29 is 11.6 Å². The van der Waals surface area contributed by atoms with E-state index in [2.05, 4.69) is 25.9 Å². The number of hydrogen-bond donors (Lipinski definition) is 0. The number of nitrogens with zero attached hydrogens (tertiary/aromatic N) is 2. The van der Waals surface area contributed by atoms with Crippen molar-refractivity contribution in [3.63, 3.8) is 0 Å². The third kappa shape index (κ3) is 2.25. The molecule has 0 unspecified atom stereocenters. The molecule has 3 nitrogen and oxygen atoms in total. The van der Waals surface area contributed by atoms with E-state index in [0.29, 0.717) is 0 Å². The van der Waals surface area contributed by atoms with Gasteiger partial charge < -0.3 is 4.74 Å². The van der Waals surface area contributed by atoms with E-state index in [9.17, 15) is 0 Å². The lowest BCUT2D eigenvalue weighted by Crippen LogP contribution is -2.15. The molecule has 4 heteroatoms. The molecule has 0 aromatic carbocycles. The third-order valence-electron chi connectivity index (χ3n) is 1.58. The topological polar surface area (TPSA) is 35.0 Å². The van der Waals surface area contributed by atoms with Crippen LogP contribution in [0.2, 0.25) is 0 Å². The van der Waals surface area contributed by atoms with Gasteiger partial charge in [-0.05, 0) is 34.7 Å². The predicted molar refractivity (Wildman–Crippen MR) is 52.5 cm³/mol. The van der Waals surface area contributed by atoms with E-state index < -0.39 is 18.6 Å². The molecule has 13 heavy (non-hydrogen) atoms. The molecule has 0 bridgehead atoms. The van der Waals surface area contributed by atoms with E-state index in [-0.39, 0.29) is 23.6 Å². The van der Waals surface area contributed by atoms with Gasteiger partial charge in [0.1, 0.15) is 0 Å². The highest BCUT2D eigenvalue weighted by Gasteiger charge is 2.17. The standard InChI is InChI=1S/C9H11BrN2O/c10-9-11-4-1-8(12-9)7-2-5-13-6-3-7/h1,4,7H,2-3,5-6H2/i2D2,3D2,7D. The molecular formula is C9H11BrN2O. The summed E-state index contributed by atoms with van der Waals surface area (Å²) in [5.74, 6) is -2.14. The van der Waals surface area contributed by atoms with Crippen molar-refractivity contribution in [3.8, 4) is 0 Å². The van der Waals surface area contributed by atoms with Crippen LogP contribution in [0.4, 0.5) is 0 Å². The second kappa shape index (κ2) is 4.15. The smallest absolute Gasteiger partial charge is 0.196 e. The number of halogens is 1. The largest absolute Gasteiger partial charge is 0.381 e. The number of aromatic nitrogens is 2. The quantitative estimate of drug-likeness (QED) is 0.714. The van der Waals surface area contributed by atoms with Crippen molar-refractivity contribution in [2.45, 2.75) is 18.6 Å². The van der Waals surface area contributed by atoms with E-state index in [1.54, 1.807) is 0 Å². The van der Waals surface area contributed by atoms with Gasteiger partial charge in [-0.15, -0.1) is 0 Å². The average molecular weight is 248 g/mol. The summed E-state index contributed by atoms with van der Waals surface area (Å²) in [5, 5.41) is 0. The van der Waals surface area contributed by atoms with Crippen molar-refractivity contribution in [2.75, 3.05) is 13.2 Å². The summed E-state index contributed by atoms with van der Waals surface area (Å²) in [5.41, 5.74) is 0.00248. The van der Waals surface area contributed by atoms with Crippen LogP contribution in [0.5, 0.6) is 0 Å². The van der Waals surface area contributed by atoms with Crippen molar-refractivity contribution in [1.29, 1.82) is 0 Å². The Hall–Kier alpha value is -0.480. The van der Waals surface area contributed by atoms with E-state index in [0.717, 1.165) is 0 Å². The maximum absolute atomic E-state index is 8.32. The van der Waals surface area contributed by atoms with Crippen LogP contribution >= 0.6 is 15.9 Å². The molecule has 0 N–H and O–H groups in total. The molecule has 1 fully saturated rings. The second-order valence-electron chi connectivity index (χ2n) is 2.43. The average Bonchev–Trinajstić information content (AvgIpc) is 2.25. The Bertz CT molecular complexity index is 454. The monoisotopic (exact) mass is 247 g/mol. The normalized spacial score (nSPS) is 34.7. The minimum Gasteiger partial charge on any atom is -0.381 e. The van der Waals surface area contributed by atoms with Gasteiger partial charge in [0.05, 0.1) is 0 Å². The Morgan fingerprint density at radius 2 is 2.38 bits per heavy atom. The molecule has 0 aliphatic carbocycles. The molecule has 0 spiro atoms. The van der Waals surface area contributed by atoms with Gasteiger partial charge in [0.25, 0.3) is 0 Å². The summed E-state index contributed by atoms with van der Waals surface area (Å²) in [6.07, 6.45) is -2.99. The lowest BCUT2D eigenvalue weighted by Gasteiger charge is -2.21. The van der Waals surface area contributed by atoms with Gasteiger partial charge in [0.15, 0.2) is 4.73 Å². The zero-order valence-electron chi connectivity index (χ0n) is 11.7. The molecule has 0 saturated carbocycles. The van der Waals surface area contributed by atoms with Gasteiger partial charge in [-0.2, -0.15) is 0 Å². The van der Waals surface area contributed by atoms with Gasteiger partial charge >= 0.3 is 0 Å². The first kappa shape index (κ1) is 4.84. The highest BCUT2D eigenvalue weighted by atomic mass is 79.9. The summed E-state index contributed by atoms with van der Waals surface area (Å²) >= 11 is 3.05. The van der Waals surface area contributed by atoms with Gasteiger partial charge in [-0.1, -0.05) is 0 Å². The van der Waals surface area contributed by atoms with Crippen LogP contribution in [0, 0.1) is 0 Å². The van der Waals surface area contributed by atoms with Crippen LogP contribution in [0.1, 0.15) is 31.2 Å².